The third kappa shape index (κ3) is 1.24. The van der Waals surface area contributed by atoms with Gasteiger partial charge in [-0.25, -0.2) is 0 Å². The van der Waals surface area contributed by atoms with Crippen LogP contribution in [0.4, 0.5) is 0 Å². The molecule has 0 bridgehead atoms. The second-order valence-corrected chi connectivity index (χ2v) is 3.60. The number of hydrogen-bond donors (Lipinski definition) is 2. The average molecular weight is 229 g/mol. The second kappa shape index (κ2) is 3.18. The zero-order chi connectivity index (χ0) is 12.0. The lowest BCUT2D eigenvalue weighted by Gasteiger charge is -2.04. The lowest BCUT2D eigenvalue weighted by Crippen LogP contribution is -2.35. The van der Waals surface area contributed by atoms with Gasteiger partial charge in [0.25, 0.3) is 0 Å². The van der Waals surface area contributed by atoms with Crippen molar-refractivity contribution < 1.29 is 5.21 Å². The van der Waals surface area contributed by atoms with Crippen LogP contribution in [-0.4, -0.2) is 19.9 Å². The van der Waals surface area contributed by atoms with Crippen molar-refractivity contribution in [3.63, 3.8) is 0 Å². The Morgan fingerprint density at radius 3 is 2.88 bits per heavy atom. The molecule has 0 saturated heterocycles. The van der Waals surface area contributed by atoms with Crippen LogP contribution in [0.5, 0.6) is 0 Å². The van der Waals surface area contributed by atoms with Crippen LogP contribution in [0.2, 0.25) is 0 Å². The smallest absolute Gasteiger partial charge is 0.348 e. The number of hydrogen-bond acceptors (Lipinski definition) is 4. The molecule has 0 spiro atoms. The Hall–Kier alpha value is -2.63. The maximum atomic E-state index is 11.3. The number of aromatic amines is 1. The van der Waals surface area contributed by atoms with Crippen molar-refractivity contribution in [1.29, 1.82) is 0 Å². The molecule has 0 aliphatic carbocycles. The minimum Gasteiger partial charge on any atom is -0.425 e. The molecule has 6 heteroatoms. The van der Waals surface area contributed by atoms with Gasteiger partial charge in [-0.15, -0.1) is 4.73 Å². The molecule has 3 rings (SSSR count). The first-order chi connectivity index (χ1) is 8.18. The predicted octanol–water partition coefficient (Wildman–Crippen LogP) is 0.475. The highest BCUT2D eigenvalue weighted by Gasteiger charge is 2.09. The van der Waals surface area contributed by atoms with E-state index in [0.29, 0.717) is 21.2 Å². The van der Waals surface area contributed by atoms with Gasteiger partial charge in [0.1, 0.15) is 5.52 Å². The van der Waals surface area contributed by atoms with E-state index in [1.165, 1.54) is 6.07 Å². The van der Waals surface area contributed by atoms with E-state index >= 15 is 0 Å². The number of pyridine rings is 1. The summed E-state index contributed by atoms with van der Waals surface area (Å²) in [6, 6.07) is 6.67. The van der Waals surface area contributed by atoms with Crippen LogP contribution in [0.25, 0.3) is 21.9 Å². The molecule has 6 nitrogen and oxygen atoms in total. The lowest BCUT2D eigenvalue weighted by molar-refractivity contribution is 0.187. The van der Waals surface area contributed by atoms with Crippen molar-refractivity contribution in [3.8, 4) is 0 Å². The highest BCUT2D eigenvalue weighted by Crippen LogP contribution is 2.19. The van der Waals surface area contributed by atoms with Gasteiger partial charge >= 0.3 is 11.1 Å². The Balaban J connectivity index is 2.69. The largest absolute Gasteiger partial charge is 0.425 e. The van der Waals surface area contributed by atoms with Crippen LogP contribution < -0.4 is 11.1 Å². The highest BCUT2D eigenvalue weighted by molar-refractivity contribution is 6.01. The molecule has 0 fully saturated rings. The third-order valence-corrected chi connectivity index (χ3v) is 2.62. The average Bonchev–Trinajstić information content (AvgIpc) is 2.36. The van der Waals surface area contributed by atoms with Gasteiger partial charge < -0.3 is 10.2 Å². The summed E-state index contributed by atoms with van der Waals surface area (Å²) in [7, 11) is 0. The molecule has 3 aromatic rings. The summed E-state index contributed by atoms with van der Waals surface area (Å²) in [5, 5.41) is 10.2. The minimum absolute atomic E-state index is 0.245. The molecule has 0 aliphatic rings. The molecule has 84 valence electrons. The SMILES string of the molecule is O=c1[nH]c2c3cccnc3ccc2n(O)c1=O. The zero-order valence-electron chi connectivity index (χ0n) is 8.54. The number of fused-ring (bicyclic) bond motifs is 3. The van der Waals surface area contributed by atoms with Gasteiger partial charge in [-0.1, -0.05) is 0 Å². The number of aromatic nitrogens is 3. The van der Waals surface area contributed by atoms with Gasteiger partial charge in [-0.05, 0) is 24.3 Å². The van der Waals surface area contributed by atoms with E-state index < -0.39 is 11.1 Å². The molecular formula is C11H7N3O3. The van der Waals surface area contributed by atoms with Gasteiger partial charge in [0, 0.05) is 11.6 Å². The van der Waals surface area contributed by atoms with Crippen LogP contribution in [0, 0.1) is 0 Å². The molecule has 1 aromatic carbocycles. The number of nitrogens with one attached hydrogen (secondary N) is 1. The molecule has 2 N–H and O–H groups in total. The van der Waals surface area contributed by atoms with Crippen molar-refractivity contribution in [3.05, 3.63) is 51.2 Å². The van der Waals surface area contributed by atoms with Crippen LogP contribution in [0.1, 0.15) is 0 Å². The van der Waals surface area contributed by atoms with Gasteiger partial charge in [-0.2, -0.15) is 0 Å². The van der Waals surface area contributed by atoms with E-state index in [4.69, 9.17) is 0 Å². The van der Waals surface area contributed by atoms with Crippen LogP contribution in [0.15, 0.2) is 40.1 Å². The van der Waals surface area contributed by atoms with Gasteiger partial charge in [0.05, 0.1) is 11.0 Å². The first-order valence-corrected chi connectivity index (χ1v) is 4.90. The molecule has 0 atom stereocenters. The fraction of sp³-hybridized carbons (Fsp3) is 0. The van der Waals surface area contributed by atoms with Crippen molar-refractivity contribution in [2.75, 3.05) is 0 Å². The Bertz CT molecular complexity index is 848. The van der Waals surface area contributed by atoms with Crippen molar-refractivity contribution >= 4 is 21.9 Å². The van der Waals surface area contributed by atoms with Crippen molar-refractivity contribution in [2.24, 2.45) is 0 Å². The van der Waals surface area contributed by atoms with E-state index in [9.17, 15) is 14.8 Å². The van der Waals surface area contributed by atoms with Crippen molar-refractivity contribution in [2.45, 2.75) is 0 Å². The zero-order valence-corrected chi connectivity index (χ0v) is 8.54. The van der Waals surface area contributed by atoms with Crippen LogP contribution in [-0.2, 0) is 0 Å². The van der Waals surface area contributed by atoms with E-state index in [0.717, 1.165) is 0 Å². The Morgan fingerprint density at radius 1 is 1.24 bits per heavy atom. The molecular weight excluding hydrogens is 222 g/mol. The Labute approximate surface area is 93.7 Å². The first-order valence-electron chi connectivity index (χ1n) is 4.90. The van der Waals surface area contributed by atoms with E-state index in [1.807, 2.05) is 0 Å². The number of rotatable bonds is 0. The third-order valence-electron chi connectivity index (χ3n) is 2.62. The maximum absolute atomic E-state index is 11.3. The molecule has 2 aromatic heterocycles. The molecule has 0 unspecified atom stereocenters. The lowest BCUT2D eigenvalue weighted by atomic mass is 10.2. The summed E-state index contributed by atoms with van der Waals surface area (Å²) in [5.41, 5.74) is -0.552. The maximum Gasteiger partial charge on any atom is 0.348 e. The summed E-state index contributed by atoms with van der Waals surface area (Å²) in [4.78, 5) is 29.2. The molecule has 0 aliphatic heterocycles. The first kappa shape index (κ1) is 9.59. The molecule has 0 amide bonds. The van der Waals surface area contributed by atoms with Gasteiger partial charge in [0.2, 0.25) is 0 Å². The molecule has 0 saturated carbocycles. The molecule has 2 heterocycles. The normalized spacial score (nSPS) is 11.1. The molecule has 0 radical (unpaired) electrons. The number of benzene rings is 1. The summed E-state index contributed by atoms with van der Waals surface area (Å²) in [6.07, 6.45) is 1.63. The fourth-order valence-electron chi connectivity index (χ4n) is 1.82. The van der Waals surface area contributed by atoms with Crippen molar-refractivity contribution in [1.82, 2.24) is 14.7 Å². The predicted molar refractivity (Wildman–Crippen MR) is 61.3 cm³/mol. The minimum atomic E-state index is -0.999. The summed E-state index contributed by atoms with van der Waals surface area (Å²) in [6.45, 7) is 0. The summed E-state index contributed by atoms with van der Waals surface area (Å²) in [5.74, 6) is 0. The second-order valence-electron chi connectivity index (χ2n) is 3.60. The highest BCUT2D eigenvalue weighted by atomic mass is 16.5. The standard InChI is InChI=1S/C11H7N3O3/c15-10-11(16)14(17)8-4-3-7-6(9(8)13-10)2-1-5-12-7/h1-5,17H,(H,13,15). The molecule has 17 heavy (non-hydrogen) atoms. The summed E-state index contributed by atoms with van der Waals surface area (Å²) >= 11 is 0. The fourth-order valence-corrected chi connectivity index (χ4v) is 1.82. The van der Waals surface area contributed by atoms with E-state index in [2.05, 4.69) is 9.97 Å². The van der Waals surface area contributed by atoms with Gasteiger partial charge in [0.15, 0.2) is 0 Å². The van der Waals surface area contributed by atoms with E-state index in [-0.39, 0.29) is 5.52 Å². The summed E-state index contributed by atoms with van der Waals surface area (Å²) < 4.78 is 0.348. The van der Waals surface area contributed by atoms with Crippen LogP contribution >= 0.6 is 0 Å². The van der Waals surface area contributed by atoms with E-state index in [1.54, 1.807) is 24.4 Å². The monoisotopic (exact) mass is 229 g/mol. The Morgan fingerprint density at radius 2 is 2.06 bits per heavy atom. The Kier molecular flexibility index (Phi) is 1.79. The topological polar surface area (TPSA) is 88.0 Å². The number of H-pyrrole nitrogens is 1. The number of nitrogens with zero attached hydrogens (tertiary/aromatic N) is 2. The van der Waals surface area contributed by atoms with Crippen LogP contribution in [0.3, 0.4) is 0 Å². The quantitative estimate of drug-likeness (QED) is 0.333. The van der Waals surface area contributed by atoms with Gasteiger partial charge in [-0.3, -0.25) is 14.6 Å².